The third-order valence-electron chi connectivity index (χ3n) is 3.47. The van der Waals surface area contributed by atoms with Crippen molar-refractivity contribution in [1.29, 1.82) is 0 Å². The molecule has 0 unspecified atom stereocenters. The van der Waals surface area contributed by atoms with Crippen molar-refractivity contribution >= 4 is 11.7 Å². The van der Waals surface area contributed by atoms with Crippen LogP contribution in [0.4, 0.5) is 5.82 Å². The van der Waals surface area contributed by atoms with Crippen LogP contribution in [0.25, 0.3) is 0 Å². The van der Waals surface area contributed by atoms with E-state index >= 15 is 0 Å². The largest absolute Gasteiger partial charge is 0.353 e. The van der Waals surface area contributed by atoms with Crippen molar-refractivity contribution in [3.05, 3.63) is 23.4 Å². The summed E-state index contributed by atoms with van der Waals surface area (Å²) in [5.41, 5.74) is 7.89. The Labute approximate surface area is 108 Å². The molecule has 0 radical (unpaired) electrons. The highest BCUT2D eigenvalue weighted by atomic mass is 16.2. The Morgan fingerprint density at radius 2 is 2.06 bits per heavy atom. The van der Waals surface area contributed by atoms with Crippen molar-refractivity contribution in [2.75, 3.05) is 31.1 Å². The van der Waals surface area contributed by atoms with E-state index in [0.717, 1.165) is 37.6 Å². The lowest BCUT2D eigenvalue weighted by molar-refractivity contribution is -0.129. The molecule has 0 atom stereocenters. The van der Waals surface area contributed by atoms with Crippen LogP contribution in [0.1, 0.15) is 18.1 Å². The minimum Gasteiger partial charge on any atom is -0.353 e. The number of aryl methyl sites for hydroxylation is 1. The van der Waals surface area contributed by atoms with E-state index in [0.29, 0.717) is 6.54 Å². The molecular formula is C13H20N4O. The molecule has 18 heavy (non-hydrogen) atoms. The summed E-state index contributed by atoms with van der Waals surface area (Å²) in [5.74, 6) is 1.13. The van der Waals surface area contributed by atoms with Crippen molar-refractivity contribution in [2.45, 2.75) is 20.4 Å². The van der Waals surface area contributed by atoms with Gasteiger partial charge in [-0.3, -0.25) is 4.79 Å². The molecule has 5 nitrogen and oxygen atoms in total. The van der Waals surface area contributed by atoms with Gasteiger partial charge in [0.25, 0.3) is 0 Å². The predicted octanol–water partition coefficient (Wildman–Crippen LogP) is 0.517. The molecule has 0 aromatic carbocycles. The summed E-state index contributed by atoms with van der Waals surface area (Å²) < 4.78 is 0. The zero-order valence-corrected chi connectivity index (χ0v) is 11.0. The van der Waals surface area contributed by atoms with Gasteiger partial charge in [-0.05, 0) is 24.1 Å². The fourth-order valence-electron chi connectivity index (χ4n) is 2.21. The van der Waals surface area contributed by atoms with Gasteiger partial charge in [0.05, 0.1) is 0 Å². The second kappa shape index (κ2) is 5.35. The van der Waals surface area contributed by atoms with Crippen LogP contribution < -0.4 is 10.6 Å². The molecule has 1 fully saturated rings. The number of amides is 1. The number of pyridine rings is 1. The van der Waals surface area contributed by atoms with Crippen LogP contribution in [0.5, 0.6) is 0 Å². The zero-order valence-electron chi connectivity index (χ0n) is 11.0. The molecule has 1 aliphatic heterocycles. The molecule has 2 N–H and O–H groups in total. The van der Waals surface area contributed by atoms with Gasteiger partial charge >= 0.3 is 0 Å². The molecule has 1 saturated heterocycles. The number of aromatic nitrogens is 1. The summed E-state index contributed by atoms with van der Waals surface area (Å²) in [6.45, 7) is 7.43. The molecule has 2 heterocycles. The van der Waals surface area contributed by atoms with E-state index in [9.17, 15) is 4.79 Å². The maximum atomic E-state index is 11.3. The summed E-state index contributed by atoms with van der Waals surface area (Å²) >= 11 is 0. The Hall–Kier alpha value is -1.62. The molecule has 1 aliphatic rings. The minimum absolute atomic E-state index is 0.150. The first-order chi connectivity index (χ1) is 8.61. The Kier molecular flexibility index (Phi) is 3.81. The van der Waals surface area contributed by atoms with Crippen LogP contribution in [0.15, 0.2) is 12.3 Å². The first kappa shape index (κ1) is 12.8. The molecule has 1 aromatic heterocycles. The number of carbonyl (C=O) groups excluding carboxylic acids is 1. The Morgan fingerprint density at radius 3 is 2.56 bits per heavy atom. The van der Waals surface area contributed by atoms with Crippen LogP contribution in [0.3, 0.4) is 0 Å². The molecular weight excluding hydrogens is 228 g/mol. The van der Waals surface area contributed by atoms with Gasteiger partial charge in [-0.25, -0.2) is 4.98 Å². The summed E-state index contributed by atoms with van der Waals surface area (Å²) in [7, 11) is 0. The third kappa shape index (κ3) is 2.61. The second-order valence-corrected chi connectivity index (χ2v) is 4.67. The Morgan fingerprint density at radius 1 is 1.39 bits per heavy atom. The Bertz CT molecular complexity index is 439. The summed E-state index contributed by atoms with van der Waals surface area (Å²) in [5, 5.41) is 0. The fourth-order valence-corrected chi connectivity index (χ4v) is 2.21. The molecule has 1 amide bonds. The molecule has 0 spiro atoms. The predicted molar refractivity (Wildman–Crippen MR) is 71.3 cm³/mol. The topological polar surface area (TPSA) is 62.5 Å². The molecule has 5 heteroatoms. The average molecular weight is 248 g/mol. The van der Waals surface area contributed by atoms with Crippen LogP contribution in [0.2, 0.25) is 0 Å². The van der Waals surface area contributed by atoms with Gasteiger partial charge in [-0.15, -0.1) is 0 Å². The fraction of sp³-hybridized carbons (Fsp3) is 0.538. The van der Waals surface area contributed by atoms with Gasteiger partial charge < -0.3 is 15.5 Å². The minimum atomic E-state index is 0.150. The molecule has 1 aromatic rings. The van der Waals surface area contributed by atoms with E-state index in [1.807, 2.05) is 11.1 Å². The van der Waals surface area contributed by atoms with Crippen molar-refractivity contribution in [2.24, 2.45) is 5.73 Å². The summed E-state index contributed by atoms with van der Waals surface area (Å²) in [6.07, 6.45) is 1.85. The van der Waals surface area contributed by atoms with E-state index in [2.05, 4.69) is 22.9 Å². The van der Waals surface area contributed by atoms with Crippen LogP contribution in [-0.2, 0) is 11.3 Å². The number of hydrogen-bond acceptors (Lipinski definition) is 4. The van der Waals surface area contributed by atoms with Gasteiger partial charge in [0.15, 0.2) is 0 Å². The molecule has 0 bridgehead atoms. The average Bonchev–Trinajstić information content (AvgIpc) is 2.38. The number of nitrogens with zero attached hydrogens (tertiary/aromatic N) is 3. The second-order valence-electron chi connectivity index (χ2n) is 4.67. The summed E-state index contributed by atoms with van der Waals surface area (Å²) in [4.78, 5) is 19.8. The molecule has 2 rings (SSSR count). The maximum absolute atomic E-state index is 11.3. The van der Waals surface area contributed by atoms with Gasteiger partial charge in [0, 0.05) is 45.8 Å². The smallest absolute Gasteiger partial charge is 0.219 e. The SMILES string of the molecule is CC(=O)N1CCN(c2cc(C)c(CN)cn2)CC1. The van der Waals surface area contributed by atoms with Crippen LogP contribution >= 0.6 is 0 Å². The van der Waals surface area contributed by atoms with Crippen molar-refractivity contribution in [3.8, 4) is 0 Å². The van der Waals surface area contributed by atoms with E-state index in [-0.39, 0.29) is 5.91 Å². The maximum Gasteiger partial charge on any atom is 0.219 e. The quantitative estimate of drug-likeness (QED) is 0.828. The first-order valence-corrected chi connectivity index (χ1v) is 6.28. The van der Waals surface area contributed by atoms with Gasteiger partial charge in [0.2, 0.25) is 5.91 Å². The van der Waals surface area contributed by atoms with Crippen LogP contribution in [0, 0.1) is 6.92 Å². The molecule has 0 aliphatic carbocycles. The highest BCUT2D eigenvalue weighted by Gasteiger charge is 2.19. The van der Waals surface area contributed by atoms with Crippen molar-refractivity contribution < 1.29 is 4.79 Å². The number of anilines is 1. The van der Waals surface area contributed by atoms with Crippen molar-refractivity contribution in [1.82, 2.24) is 9.88 Å². The number of hydrogen-bond donors (Lipinski definition) is 1. The zero-order chi connectivity index (χ0) is 13.1. The van der Waals surface area contributed by atoms with Gasteiger partial charge in [-0.2, -0.15) is 0 Å². The molecule has 98 valence electrons. The third-order valence-corrected chi connectivity index (χ3v) is 3.47. The highest BCUT2D eigenvalue weighted by Crippen LogP contribution is 2.17. The van der Waals surface area contributed by atoms with Gasteiger partial charge in [-0.1, -0.05) is 0 Å². The molecule has 0 saturated carbocycles. The lowest BCUT2D eigenvalue weighted by Gasteiger charge is -2.35. The standard InChI is InChI=1S/C13H20N4O/c1-10-7-13(15-9-12(10)8-14)17-5-3-16(4-6-17)11(2)18/h7,9H,3-6,8,14H2,1-2H3. The van der Waals surface area contributed by atoms with Crippen LogP contribution in [-0.4, -0.2) is 42.0 Å². The lowest BCUT2D eigenvalue weighted by atomic mass is 10.1. The van der Waals surface area contributed by atoms with Crippen molar-refractivity contribution in [3.63, 3.8) is 0 Å². The highest BCUT2D eigenvalue weighted by molar-refractivity contribution is 5.73. The monoisotopic (exact) mass is 248 g/mol. The van der Waals surface area contributed by atoms with E-state index in [1.165, 1.54) is 5.56 Å². The number of carbonyl (C=O) groups is 1. The normalized spacial score (nSPS) is 15.9. The van der Waals surface area contributed by atoms with Gasteiger partial charge in [0.1, 0.15) is 5.82 Å². The van der Waals surface area contributed by atoms with E-state index < -0.39 is 0 Å². The number of rotatable bonds is 2. The number of piperazine rings is 1. The Balaban J connectivity index is 2.05. The van der Waals surface area contributed by atoms with E-state index in [1.54, 1.807) is 6.92 Å². The number of nitrogens with two attached hydrogens (primary N) is 1. The first-order valence-electron chi connectivity index (χ1n) is 6.28. The lowest BCUT2D eigenvalue weighted by Crippen LogP contribution is -2.48. The van der Waals surface area contributed by atoms with E-state index in [4.69, 9.17) is 5.73 Å². The summed E-state index contributed by atoms with van der Waals surface area (Å²) in [6, 6.07) is 2.08.